The van der Waals surface area contributed by atoms with Crippen LogP contribution in [0.4, 0.5) is 0 Å². The maximum Gasteiger partial charge on any atom is 0.266 e. The van der Waals surface area contributed by atoms with Gasteiger partial charge in [-0.2, -0.15) is 5.21 Å². The first-order valence-corrected chi connectivity index (χ1v) is 15.2. The quantitative estimate of drug-likeness (QED) is 0.201. The number of unbranched alkanes of at least 4 members (excludes halogenated alkanes) is 1. The molecule has 12 heteroatoms. The highest BCUT2D eigenvalue weighted by atomic mass is 32.2. The number of carbonyl (C=O) groups is 1. The monoisotopic (exact) mass is 592 g/mol. The second-order valence-corrected chi connectivity index (χ2v) is 11.8. The molecule has 1 aromatic heterocycles. The van der Waals surface area contributed by atoms with Gasteiger partial charge in [-0.3, -0.25) is 14.6 Å². The van der Waals surface area contributed by atoms with Gasteiger partial charge >= 0.3 is 0 Å². The van der Waals surface area contributed by atoms with Crippen molar-refractivity contribution in [1.82, 2.24) is 30.4 Å². The summed E-state index contributed by atoms with van der Waals surface area (Å²) in [5.74, 6) is 2.31. The second-order valence-electron chi connectivity index (χ2n) is 10.1. The highest BCUT2D eigenvalue weighted by molar-refractivity contribution is 8.26. The first-order chi connectivity index (χ1) is 20.1. The third-order valence-electron chi connectivity index (χ3n) is 7.38. The number of aryl methyl sites for hydroxylation is 1. The molecule has 3 aliphatic rings. The lowest BCUT2D eigenvalue weighted by atomic mass is 9.99. The molecule has 2 saturated heterocycles. The molecule has 1 amide bonds. The molecule has 3 aromatic rings. The molecular weight excluding hydrogens is 560 g/mol. The predicted octanol–water partition coefficient (Wildman–Crippen LogP) is 3.74. The number of nitrogens with zero attached hydrogens (tertiary/aromatic N) is 5. The summed E-state index contributed by atoms with van der Waals surface area (Å²) < 4.78 is 18.0. The number of hydrogen-bond donors (Lipinski definition) is 1. The number of thiocarbonyl (C=S) groups is 1. The maximum absolute atomic E-state index is 13.4. The number of carbonyl (C=O) groups excluding carboxylic acids is 1. The SMILES string of the molecule is O=C1C(=Cc2cc(-c3ccc4c(c3)CCO4)ccc2OCCN2CCOCC2)SC(=S)N1CCCCc1nn[nH]n1. The van der Waals surface area contributed by atoms with Gasteiger partial charge in [0, 0.05) is 44.6 Å². The van der Waals surface area contributed by atoms with Gasteiger partial charge in [0.1, 0.15) is 22.4 Å². The Labute approximate surface area is 248 Å². The number of aromatic nitrogens is 4. The van der Waals surface area contributed by atoms with Crippen molar-refractivity contribution in [1.29, 1.82) is 0 Å². The summed E-state index contributed by atoms with van der Waals surface area (Å²) in [5, 5.41) is 14.0. The van der Waals surface area contributed by atoms with E-state index in [1.165, 1.54) is 17.3 Å². The van der Waals surface area contributed by atoms with Gasteiger partial charge in [0.15, 0.2) is 5.82 Å². The third-order valence-corrected chi connectivity index (χ3v) is 8.76. The van der Waals surface area contributed by atoms with Crippen molar-refractivity contribution in [2.75, 3.05) is 52.6 Å². The van der Waals surface area contributed by atoms with Crippen LogP contribution in [0.5, 0.6) is 11.5 Å². The van der Waals surface area contributed by atoms with E-state index < -0.39 is 0 Å². The van der Waals surface area contributed by atoms with E-state index in [1.807, 2.05) is 18.2 Å². The van der Waals surface area contributed by atoms with Crippen LogP contribution in [0, 0.1) is 0 Å². The molecule has 3 aliphatic heterocycles. The number of rotatable bonds is 11. The van der Waals surface area contributed by atoms with Crippen LogP contribution in [0.25, 0.3) is 17.2 Å². The van der Waals surface area contributed by atoms with Gasteiger partial charge in [-0.25, -0.2) is 0 Å². The van der Waals surface area contributed by atoms with Crippen LogP contribution in [0.15, 0.2) is 41.3 Å². The molecule has 0 unspecified atom stereocenters. The molecule has 0 saturated carbocycles. The third kappa shape index (κ3) is 6.78. The van der Waals surface area contributed by atoms with Crippen LogP contribution in [-0.2, 0) is 22.4 Å². The molecule has 2 aromatic carbocycles. The number of morpholine rings is 1. The molecule has 0 aliphatic carbocycles. The Bertz CT molecular complexity index is 1420. The number of amides is 1. The molecule has 0 radical (unpaired) electrons. The minimum atomic E-state index is -0.0705. The smallest absolute Gasteiger partial charge is 0.266 e. The summed E-state index contributed by atoms with van der Waals surface area (Å²) in [7, 11) is 0. The van der Waals surface area contributed by atoms with Crippen molar-refractivity contribution >= 4 is 40.3 Å². The van der Waals surface area contributed by atoms with E-state index in [0.717, 1.165) is 86.9 Å². The average molecular weight is 593 g/mol. The van der Waals surface area contributed by atoms with Crippen molar-refractivity contribution in [2.45, 2.75) is 25.7 Å². The Balaban J connectivity index is 1.19. The highest BCUT2D eigenvalue weighted by Crippen LogP contribution is 2.37. The van der Waals surface area contributed by atoms with Crippen molar-refractivity contribution in [3.8, 4) is 22.6 Å². The Hall–Kier alpha value is -3.32. The number of thioether (sulfide) groups is 1. The van der Waals surface area contributed by atoms with E-state index in [2.05, 4.69) is 49.8 Å². The van der Waals surface area contributed by atoms with Gasteiger partial charge in [-0.1, -0.05) is 41.3 Å². The fourth-order valence-electron chi connectivity index (χ4n) is 5.12. The van der Waals surface area contributed by atoms with Crippen LogP contribution < -0.4 is 9.47 Å². The Morgan fingerprint density at radius 3 is 2.78 bits per heavy atom. The summed E-state index contributed by atoms with van der Waals surface area (Å²) in [5.41, 5.74) is 4.25. The Morgan fingerprint density at radius 1 is 1.07 bits per heavy atom. The largest absolute Gasteiger partial charge is 0.493 e. The number of hydrogen-bond acceptors (Lipinski definition) is 10. The van der Waals surface area contributed by atoms with E-state index in [-0.39, 0.29) is 5.91 Å². The molecule has 2 fully saturated rings. The predicted molar refractivity (Wildman–Crippen MR) is 161 cm³/mol. The maximum atomic E-state index is 13.4. The zero-order chi connectivity index (χ0) is 28.0. The number of nitrogens with one attached hydrogen (secondary N) is 1. The molecule has 0 spiro atoms. The molecule has 214 valence electrons. The first kappa shape index (κ1) is 27.8. The lowest BCUT2D eigenvalue weighted by Gasteiger charge is -2.26. The van der Waals surface area contributed by atoms with E-state index in [0.29, 0.717) is 34.6 Å². The molecule has 10 nitrogen and oxygen atoms in total. The molecular formula is C29H32N6O4S2. The topological polar surface area (TPSA) is 106 Å². The minimum absolute atomic E-state index is 0.0705. The number of tetrazole rings is 1. The summed E-state index contributed by atoms with van der Waals surface area (Å²) in [6.45, 7) is 5.98. The lowest BCUT2D eigenvalue weighted by molar-refractivity contribution is -0.122. The van der Waals surface area contributed by atoms with E-state index in [9.17, 15) is 4.79 Å². The van der Waals surface area contributed by atoms with Gasteiger partial charge in [0.05, 0.1) is 24.7 Å². The van der Waals surface area contributed by atoms with Crippen LogP contribution in [-0.4, -0.2) is 93.3 Å². The minimum Gasteiger partial charge on any atom is -0.493 e. The zero-order valence-corrected chi connectivity index (χ0v) is 24.3. The molecule has 6 rings (SSSR count). The van der Waals surface area contributed by atoms with E-state index >= 15 is 0 Å². The normalized spacial score (nSPS) is 18.2. The van der Waals surface area contributed by atoms with Gasteiger partial charge in [-0.15, -0.1) is 10.2 Å². The Morgan fingerprint density at radius 2 is 1.93 bits per heavy atom. The number of fused-ring (bicyclic) bond motifs is 1. The first-order valence-electron chi connectivity index (χ1n) is 13.9. The van der Waals surface area contributed by atoms with E-state index in [1.54, 1.807) is 4.90 Å². The summed E-state index contributed by atoms with van der Waals surface area (Å²) >= 11 is 6.93. The fourth-order valence-corrected chi connectivity index (χ4v) is 6.42. The van der Waals surface area contributed by atoms with Gasteiger partial charge in [-0.05, 0) is 59.9 Å². The van der Waals surface area contributed by atoms with Crippen molar-refractivity contribution in [3.05, 3.63) is 58.3 Å². The molecule has 1 N–H and O–H groups in total. The fraction of sp³-hybridized carbons (Fsp3) is 0.414. The van der Waals surface area contributed by atoms with Gasteiger partial charge < -0.3 is 14.2 Å². The van der Waals surface area contributed by atoms with Crippen LogP contribution in [0.2, 0.25) is 0 Å². The summed E-state index contributed by atoms with van der Waals surface area (Å²) in [6.07, 6.45) is 5.17. The average Bonchev–Trinajstić information content (AvgIpc) is 3.74. The lowest BCUT2D eigenvalue weighted by Crippen LogP contribution is -2.38. The molecule has 41 heavy (non-hydrogen) atoms. The van der Waals surface area contributed by atoms with Crippen molar-refractivity contribution in [3.63, 3.8) is 0 Å². The number of ether oxygens (including phenoxy) is 3. The number of aromatic amines is 1. The standard InChI is InChI=1S/C29H32N6O4S2/c36-28-26(41-29(40)35(28)9-2-1-3-27-30-32-33-31-27)19-23-18-21(20-4-6-24-22(17-20)8-13-38-24)5-7-25(23)39-16-12-34-10-14-37-15-11-34/h4-7,17-19H,1-3,8-16H2,(H,30,31,32,33). The second kappa shape index (κ2) is 13.1. The molecule has 0 bridgehead atoms. The number of benzene rings is 2. The van der Waals surface area contributed by atoms with Crippen LogP contribution in [0.1, 0.15) is 29.8 Å². The van der Waals surface area contributed by atoms with Gasteiger partial charge in [0.25, 0.3) is 5.91 Å². The van der Waals surface area contributed by atoms with Crippen molar-refractivity contribution < 1.29 is 19.0 Å². The molecule has 4 heterocycles. The summed E-state index contributed by atoms with van der Waals surface area (Å²) in [6, 6.07) is 12.5. The zero-order valence-electron chi connectivity index (χ0n) is 22.7. The van der Waals surface area contributed by atoms with Gasteiger partial charge in [0.2, 0.25) is 0 Å². The van der Waals surface area contributed by atoms with Crippen LogP contribution in [0.3, 0.4) is 0 Å². The Kier molecular flexibility index (Phi) is 8.90. The van der Waals surface area contributed by atoms with Crippen molar-refractivity contribution in [2.24, 2.45) is 0 Å². The highest BCUT2D eigenvalue weighted by Gasteiger charge is 2.32. The summed E-state index contributed by atoms with van der Waals surface area (Å²) in [4.78, 5) is 18.0. The molecule has 0 atom stereocenters. The van der Waals surface area contributed by atoms with E-state index in [4.69, 9.17) is 26.4 Å². The number of H-pyrrole nitrogens is 1. The van der Waals surface area contributed by atoms with Crippen LogP contribution >= 0.6 is 24.0 Å².